The van der Waals surface area contributed by atoms with Crippen LogP contribution in [-0.2, 0) is 6.42 Å². The summed E-state index contributed by atoms with van der Waals surface area (Å²) in [5.74, 6) is 1.33. The topological polar surface area (TPSA) is 60.2 Å². The van der Waals surface area contributed by atoms with Crippen LogP contribution < -0.4 is 15.8 Å². The largest absolute Gasteiger partial charge is 0.483 e. The van der Waals surface area contributed by atoms with Gasteiger partial charge in [-0.05, 0) is 48.7 Å². The van der Waals surface area contributed by atoms with Crippen LogP contribution in [0.25, 0.3) is 21.0 Å². The molecule has 1 aliphatic heterocycles. The second-order valence-corrected chi connectivity index (χ2v) is 8.74. The van der Waals surface area contributed by atoms with Gasteiger partial charge in [0.2, 0.25) is 0 Å². The van der Waals surface area contributed by atoms with Gasteiger partial charge in [-0.1, -0.05) is 30.3 Å². The summed E-state index contributed by atoms with van der Waals surface area (Å²) in [4.78, 5) is 5.94. The summed E-state index contributed by atoms with van der Waals surface area (Å²) in [5.41, 5.74) is 7.88. The summed E-state index contributed by atoms with van der Waals surface area (Å²) < 4.78 is 8.06. The lowest BCUT2D eigenvalue weighted by Crippen LogP contribution is -2.40. The minimum atomic E-state index is -0.272. The van der Waals surface area contributed by atoms with E-state index in [1.807, 2.05) is 41.7 Å². The second kappa shape index (κ2) is 6.76. The molecule has 28 heavy (non-hydrogen) atoms. The van der Waals surface area contributed by atoms with Gasteiger partial charge in [0, 0.05) is 34.3 Å². The number of nitrogens with one attached hydrogen (secondary N) is 1. The number of ether oxygens (including phenoxy) is 1. The molecule has 0 bridgehead atoms. The SMILES string of the molecule is Cc1c(C[C@@]2(Oc3cccc4ccc(N)nc34)CCNC2)sc2ccccc12. The van der Waals surface area contributed by atoms with Crippen molar-refractivity contribution in [2.75, 3.05) is 18.8 Å². The number of para-hydroxylation sites is 1. The fraction of sp³-hybridized carbons (Fsp3) is 0.261. The molecule has 142 valence electrons. The average molecular weight is 390 g/mol. The molecule has 1 atom stereocenters. The predicted molar refractivity (Wildman–Crippen MR) is 117 cm³/mol. The number of anilines is 1. The Morgan fingerprint density at radius 1 is 1.14 bits per heavy atom. The highest BCUT2D eigenvalue weighted by molar-refractivity contribution is 7.19. The molecule has 4 nitrogen and oxygen atoms in total. The van der Waals surface area contributed by atoms with Crippen LogP contribution in [0.5, 0.6) is 5.75 Å². The van der Waals surface area contributed by atoms with Crippen molar-refractivity contribution in [3.63, 3.8) is 0 Å². The fourth-order valence-electron chi connectivity index (χ4n) is 4.13. The highest BCUT2D eigenvalue weighted by atomic mass is 32.1. The number of nitrogens with zero attached hydrogens (tertiary/aromatic N) is 1. The first-order chi connectivity index (χ1) is 13.6. The molecular weight excluding hydrogens is 366 g/mol. The first-order valence-corrected chi connectivity index (χ1v) is 10.5. The molecule has 0 radical (unpaired) electrons. The van der Waals surface area contributed by atoms with Crippen LogP contribution in [0.2, 0.25) is 0 Å². The number of benzene rings is 2. The van der Waals surface area contributed by atoms with Crippen molar-refractivity contribution in [2.24, 2.45) is 0 Å². The average Bonchev–Trinajstić information content (AvgIpc) is 3.28. The molecule has 5 rings (SSSR count). The summed E-state index contributed by atoms with van der Waals surface area (Å²) in [6.07, 6.45) is 1.86. The van der Waals surface area contributed by atoms with E-state index in [-0.39, 0.29) is 5.60 Å². The van der Waals surface area contributed by atoms with Gasteiger partial charge in [-0.15, -0.1) is 11.3 Å². The third-order valence-electron chi connectivity index (χ3n) is 5.66. The quantitative estimate of drug-likeness (QED) is 0.531. The highest BCUT2D eigenvalue weighted by Crippen LogP contribution is 2.37. The Labute approximate surface area is 168 Å². The van der Waals surface area contributed by atoms with E-state index in [4.69, 9.17) is 10.5 Å². The van der Waals surface area contributed by atoms with Crippen molar-refractivity contribution in [1.29, 1.82) is 0 Å². The van der Waals surface area contributed by atoms with Crippen molar-refractivity contribution < 1.29 is 4.74 Å². The normalized spacial score (nSPS) is 19.5. The van der Waals surface area contributed by atoms with Gasteiger partial charge in [-0.25, -0.2) is 4.98 Å². The number of fused-ring (bicyclic) bond motifs is 2. The van der Waals surface area contributed by atoms with Crippen LogP contribution in [-0.4, -0.2) is 23.7 Å². The molecular formula is C23H23N3OS. The maximum absolute atomic E-state index is 6.71. The number of aryl methyl sites for hydroxylation is 1. The Morgan fingerprint density at radius 2 is 2.04 bits per heavy atom. The Hall–Kier alpha value is -2.63. The van der Waals surface area contributed by atoms with Crippen LogP contribution >= 0.6 is 11.3 Å². The first-order valence-electron chi connectivity index (χ1n) is 9.66. The molecule has 0 unspecified atom stereocenters. The van der Waals surface area contributed by atoms with E-state index in [1.54, 1.807) is 0 Å². The molecule has 1 aliphatic rings. The molecule has 3 N–H and O–H groups in total. The number of rotatable bonds is 4. The zero-order chi connectivity index (χ0) is 19.1. The van der Waals surface area contributed by atoms with E-state index in [1.165, 1.54) is 20.5 Å². The zero-order valence-electron chi connectivity index (χ0n) is 15.9. The third kappa shape index (κ3) is 3.01. The van der Waals surface area contributed by atoms with E-state index < -0.39 is 0 Å². The number of hydrogen-bond donors (Lipinski definition) is 2. The summed E-state index contributed by atoms with van der Waals surface area (Å²) in [6, 6.07) is 18.5. The van der Waals surface area contributed by atoms with Crippen LogP contribution in [0.15, 0.2) is 54.6 Å². The molecule has 2 aromatic heterocycles. The van der Waals surface area contributed by atoms with Crippen molar-refractivity contribution in [3.05, 3.63) is 65.0 Å². The summed E-state index contributed by atoms with van der Waals surface area (Å²) >= 11 is 1.88. The van der Waals surface area contributed by atoms with Gasteiger partial charge in [-0.3, -0.25) is 0 Å². The van der Waals surface area contributed by atoms with Crippen LogP contribution in [0.1, 0.15) is 16.9 Å². The number of hydrogen-bond acceptors (Lipinski definition) is 5. The molecule has 0 amide bonds. The molecule has 1 fully saturated rings. The smallest absolute Gasteiger partial charge is 0.146 e. The van der Waals surface area contributed by atoms with Gasteiger partial charge in [0.1, 0.15) is 22.7 Å². The highest BCUT2D eigenvalue weighted by Gasteiger charge is 2.38. The van der Waals surface area contributed by atoms with Crippen LogP contribution in [0, 0.1) is 6.92 Å². The minimum absolute atomic E-state index is 0.272. The van der Waals surface area contributed by atoms with E-state index in [0.29, 0.717) is 5.82 Å². The van der Waals surface area contributed by atoms with Crippen LogP contribution in [0.4, 0.5) is 5.82 Å². The standard InChI is InChI=1S/C23H23N3OS/c1-15-17-6-2-3-8-19(17)28-20(15)13-23(11-12-25-14-23)27-18-7-4-5-16-9-10-21(24)26-22(16)18/h2-10,25H,11-14H2,1H3,(H2,24,26)/t23-/m0/s1. The van der Waals surface area contributed by atoms with Crippen molar-refractivity contribution >= 4 is 38.1 Å². The van der Waals surface area contributed by atoms with Crippen molar-refractivity contribution in [2.45, 2.75) is 25.4 Å². The fourth-order valence-corrected chi connectivity index (χ4v) is 5.47. The van der Waals surface area contributed by atoms with E-state index in [0.717, 1.165) is 42.6 Å². The zero-order valence-corrected chi connectivity index (χ0v) is 16.7. The number of aromatic nitrogens is 1. The maximum atomic E-state index is 6.71. The van der Waals surface area contributed by atoms with Gasteiger partial charge in [0.25, 0.3) is 0 Å². The Morgan fingerprint density at radius 3 is 2.86 bits per heavy atom. The van der Waals surface area contributed by atoms with Gasteiger partial charge in [-0.2, -0.15) is 0 Å². The minimum Gasteiger partial charge on any atom is -0.483 e. The van der Waals surface area contributed by atoms with Crippen molar-refractivity contribution in [3.8, 4) is 5.75 Å². The van der Waals surface area contributed by atoms with Gasteiger partial charge < -0.3 is 15.8 Å². The molecule has 0 aliphatic carbocycles. The molecule has 0 saturated carbocycles. The van der Waals surface area contributed by atoms with Crippen LogP contribution in [0.3, 0.4) is 0 Å². The second-order valence-electron chi connectivity index (χ2n) is 7.60. The van der Waals surface area contributed by atoms with E-state index in [2.05, 4.69) is 41.5 Å². The number of nitrogen functional groups attached to an aromatic ring is 1. The Balaban J connectivity index is 1.54. The first kappa shape index (κ1) is 17.5. The lowest BCUT2D eigenvalue weighted by molar-refractivity contribution is 0.0927. The Bertz CT molecular complexity index is 1160. The molecule has 2 aromatic carbocycles. The monoisotopic (exact) mass is 389 g/mol. The summed E-state index contributed by atoms with van der Waals surface area (Å²) in [6.45, 7) is 4.02. The summed E-state index contributed by atoms with van der Waals surface area (Å²) in [5, 5.41) is 5.90. The summed E-state index contributed by atoms with van der Waals surface area (Å²) in [7, 11) is 0. The van der Waals surface area contributed by atoms with Gasteiger partial charge >= 0.3 is 0 Å². The molecule has 5 heteroatoms. The number of nitrogens with two attached hydrogens (primary N) is 1. The lowest BCUT2D eigenvalue weighted by Gasteiger charge is -2.30. The molecule has 4 aromatic rings. The van der Waals surface area contributed by atoms with E-state index in [9.17, 15) is 0 Å². The third-order valence-corrected chi connectivity index (χ3v) is 6.93. The van der Waals surface area contributed by atoms with E-state index >= 15 is 0 Å². The number of pyridine rings is 1. The Kier molecular flexibility index (Phi) is 4.22. The number of thiophene rings is 1. The van der Waals surface area contributed by atoms with Crippen molar-refractivity contribution in [1.82, 2.24) is 10.3 Å². The predicted octanol–water partition coefficient (Wildman–Crippen LogP) is 4.69. The molecule has 3 heterocycles. The maximum Gasteiger partial charge on any atom is 0.146 e. The molecule has 1 saturated heterocycles. The molecule has 0 spiro atoms. The van der Waals surface area contributed by atoms with Gasteiger partial charge in [0.15, 0.2) is 0 Å². The lowest BCUT2D eigenvalue weighted by atomic mass is 9.95. The van der Waals surface area contributed by atoms with Gasteiger partial charge in [0.05, 0.1) is 0 Å².